The molecule has 1 heterocycles. The normalized spacial score (nSPS) is 25.1. The quantitative estimate of drug-likeness (QED) is 0.838. The number of rotatable bonds is 3. The maximum Gasteiger partial charge on any atom is 0.148 e. The van der Waals surface area contributed by atoms with Gasteiger partial charge in [-0.15, -0.1) is 0 Å². The predicted molar refractivity (Wildman–Crippen MR) is 58.9 cm³/mol. The van der Waals surface area contributed by atoms with Crippen molar-refractivity contribution in [1.82, 2.24) is 0 Å². The van der Waals surface area contributed by atoms with Gasteiger partial charge in [0.05, 0.1) is 19.8 Å². The molecule has 88 valence electrons. The zero-order chi connectivity index (χ0) is 11.4. The molecule has 0 amide bonds. The summed E-state index contributed by atoms with van der Waals surface area (Å²) in [5.74, 6) is 1.43. The molecule has 0 radical (unpaired) electrons. The summed E-state index contributed by atoms with van der Waals surface area (Å²) < 4.78 is 16.0. The Morgan fingerprint density at radius 3 is 2.94 bits per heavy atom. The smallest absolute Gasteiger partial charge is 0.148 e. The van der Waals surface area contributed by atoms with Gasteiger partial charge in [-0.05, 0) is 12.1 Å². The summed E-state index contributed by atoms with van der Waals surface area (Å²) in [6.45, 7) is 1.03. The van der Waals surface area contributed by atoms with E-state index in [4.69, 9.17) is 14.2 Å². The van der Waals surface area contributed by atoms with Crippen molar-refractivity contribution in [2.75, 3.05) is 20.3 Å². The van der Waals surface area contributed by atoms with Gasteiger partial charge in [0.1, 0.15) is 17.6 Å². The van der Waals surface area contributed by atoms with Gasteiger partial charge in [-0.1, -0.05) is 6.07 Å². The maximum atomic E-state index is 9.72. The Hall–Kier alpha value is -1.26. The fourth-order valence-corrected chi connectivity index (χ4v) is 1.66. The van der Waals surface area contributed by atoms with E-state index in [-0.39, 0.29) is 6.10 Å². The lowest BCUT2D eigenvalue weighted by Gasteiger charge is -2.28. The third-order valence-corrected chi connectivity index (χ3v) is 2.60. The van der Waals surface area contributed by atoms with Gasteiger partial charge in [-0.3, -0.25) is 0 Å². The van der Waals surface area contributed by atoms with Crippen molar-refractivity contribution >= 4 is 0 Å². The summed E-state index contributed by atoms with van der Waals surface area (Å²) in [5, 5.41) is 9.72. The molecule has 1 aliphatic rings. The standard InChI is InChI=1S/C12H16O4/c1-14-9-3-2-4-10(7-9)16-12-8-15-6-5-11(12)13/h2-4,7,11-13H,5-6,8H2,1H3. The Morgan fingerprint density at radius 1 is 1.38 bits per heavy atom. The van der Waals surface area contributed by atoms with Crippen LogP contribution in [-0.2, 0) is 4.74 Å². The number of methoxy groups -OCH3 is 1. The van der Waals surface area contributed by atoms with E-state index in [0.29, 0.717) is 25.4 Å². The molecular formula is C12H16O4. The summed E-state index contributed by atoms with van der Waals surface area (Å²) in [5.41, 5.74) is 0. The van der Waals surface area contributed by atoms with E-state index in [9.17, 15) is 5.11 Å². The molecule has 0 saturated carbocycles. The number of ether oxygens (including phenoxy) is 3. The number of hydrogen-bond acceptors (Lipinski definition) is 4. The zero-order valence-corrected chi connectivity index (χ0v) is 9.26. The Morgan fingerprint density at radius 2 is 2.19 bits per heavy atom. The second-order valence-corrected chi connectivity index (χ2v) is 3.77. The summed E-state index contributed by atoms with van der Waals surface area (Å²) in [4.78, 5) is 0. The van der Waals surface area contributed by atoms with Crippen LogP contribution in [0.1, 0.15) is 6.42 Å². The van der Waals surface area contributed by atoms with Crippen molar-refractivity contribution in [2.45, 2.75) is 18.6 Å². The van der Waals surface area contributed by atoms with Crippen LogP contribution in [0.25, 0.3) is 0 Å². The third kappa shape index (κ3) is 2.65. The molecule has 0 spiro atoms. The monoisotopic (exact) mass is 224 g/mol. The molecule has 4 nitrogen and oxygen atoms in total. The van der Waals surface area contributed by atoms with E-state index in [1.807, 2.05) is 18.2 Å². The van der Waals surface area contributed by atoms with Crippen LogP contribution in [0.5, 0.6) is 11.5 Å². The molecule has 1 N–H and O–H groups in total. The van der Waals surface area contributed by atoms with Crippen LogP contribution in [0, 0.1) is 0 Å². The average molecular weight is 224 g/mol. The Bertz CT molecular complexity index is 340. The van der Waals surface area contributed by atoms with Gasteiger partial charge in [0.25, 0.3) is 0 Å². The molecule has 1 aliphatic heterocycles. The lowest BCUT2D eigenvalue weighted by atomic mass is 10.1. The predicted octanol–water partition coefficient (Wildman–Crippen LogP) is 1.22. The second-order valence-electron chi connectivity index (χ2n) is 3.77. The lowest BCUT2D eigenvalue weighted by Crippen LogP contribution is -2.40. The largest absolute Gasteiger partial charge is 0.497 e. The highest BCUT2D eigenvalue weighted by Crippen LogP contribution is 2.22. The molecule has 2 rings (SSSR count). The second kappa shape index (κ2) is 5.18. The van der Waals surface area contributed by atoms with Crippen LogP contribution < -0.4 is 9.47 Å². The van der Waals surface area contributed by atoms with Crippen molar-refractivity contribution in [1.29, 1.82) is 0 Å². The van der Waals surface area contributed by atoms with Crippen LogP contribution in [0.15, 0.2) is 24.3 Å². The number of aliphatic hydroxyl groups excluding tert-OH is 1. The minimum Gasteiger partial charge on any atom is -0.497 e. The fraction of sp³-hybridized carbons (Fsp3) is 0.500. The van der Waals surface area contributed by atoms with Crippen LogP contribution in [0.4, 0.5) is 0 Å². The highest BCUT2D eigenvalue weighted by Gasteiger charge is 2.25. The van der Waals surface area contributed by atoms with Crippen LogP contribution in [-0.4, -0.2) is 37.6 Å². The van der Waals surface area contributed by atoms with Crippen molar-refractivity contribution in [3.05, 3.63) is 24.3 Å². The first-order valence-corrected chi connectivity index (χ1v) is 5.36. The van der Waals surface area contributed by atoms with Gasteiger partial charge in [0.2, 0.25) is 0 Å². The number of aliphatic hydroxyl groups is 1. The summed E-state index contributed by atoms with van der Waals surface area (Å²) in [6, 6.07) is 7.33. The first kappa shape index (κ1) is 11.2. The van der Waals surface area contributed by atoms with E-state index in [1.165, 1.54) is 0 Å². The molecule has 0 bridgehead atoms. The molecule has 0 aromatic heterocycles. The number of hydrogen-bond donors (Lipinski definition) is 1. The van der Waals surface area contributed by atoms with E-state index < -0.39 is 6.10 Å². The molecule has 1 aromatic carbocycles. The van der Waals surface area contributed by atoms with E-state index in [1.54, 1.807) is 13.2 Å². The van der Waals surface area contributed by atoms with Gasteiger partial charge >= 0.3 is 0 Å². The Labute approximate surface area is 94.8 Å². The fourth-order valence-electron chi connectivity index (χ4n) is 1.66. The molecule has 0 aliphatic carbocycles. The average Bonchev–Trinajstić information content (AvgIpc) is 2.32. The topological polar surface area (TPSA) is 47.9 Å². The van der Waals surface area contributed by atoms with Crippen molar-refractivity contribution in [2.24, 2.45) is 0 Å². The molecule has 1 aromatic rings. The van der Waals surface area contributed by atoms with E-state index >= 15 is 0 Å². The first-order chi connectivity index (χ1) is 7.79. The summed E-state index contributed by atoms with van der Waals surface area (Å²) >= 11 is 0. The Balaban J connectivity index is 2.01. The van der Waals surface area contributed by atoms with Gasteiger partial charge in [0.15, 0.2) is 0 Å². The van der Waals surface area contributed by atoms with Gasteiger partial charge in [0, 0.05) is 19.1 Å². The Kier molecular flexibility index (Phi) is 3.64. The number of benzene rings is 1. The van der Waals surface area contributed by atoms with Gasteiger partial charge in [-0.2, -0.15) is 0 Å². The van der Waals surface area contributed by atoms with Crippen LogP contribution >= 0.6 is 0 Å². The van der Waals surface area contributed by atoms with E-state index in [0.717, 1.165) is 5.75 Å². The molecule has 1 saturated heterocycles. The first-order valence-electron chi connectivity index (χ1n) is 5.36. The minimum atomic E-state index is -0.458. The molecular weight excluding hydrogens is 208 g/mol. The van der Waals surface area contributed by atoms with E-state index in [2.05, 4.69) is 0 Å². The zero-order valence-electron chi connectivity index (χ0n) is 9.26. The maximum absolute atomic E-state index is 9.72. The molecule has 2 atom stereocenters. The lowest BCUT2D eigenvalue weighted by molar-refractivity contribution is -0.0735. The highest BCUT2D eigenvalue weighted by molar-refractivity contribution is 5.33. The third-order valence-electron chi connectivity index (χ3n) is 2.60. The van der Waals surface area contributed by atoms with Gasteiger partial charge in [-0.25, -0.2) is 0 Å². The summed E-state index contributed by atoms with van der Waals surface area (Å²) in [7, 11) is 1.61. The highest BCUT2D eigenvalue weighted by atomic mass is 16.5. The van der Waals surface area contributed by atoms with Crippen molar-refractivity contribution in [3.8, 4) is 11.5 Å². The molecule has 4 heteroatoms. The molecule has 16 heavy (non-hydrogen) atoms. The van der Waals surface area contributed by atoms with Gasteiger partial charge < -0.3 is 19.3 Å². The minimum absolute atomic E-state index is 0.291. The molecule has 1 fully saturated rings. The SMILES string of the molecule is COc1cccc(OC2COCCC2O)c1. The van der Waals surface area contributed by atoms with Crippen LogP contribution in [0.2, 0.25) is 0 Å². The van der Waals surface area contributed by atoms with Crippen molar-refractivity contribution in [3.63, 3.8) is 0 Å². The summed E-state index contributed by atoms with van der Waals surface area (Å²) in [6.07, 6.45) is -0.130. The molecule has 2 unspecified atom stereocenters. The van der Waals surface area contributed by atoms with Crippen molar-refractivity contribution < 1.29 is 19.3 Å². The van der Waals surface area contributed by atoms with Crippen LogP contribution in [0.3, 0.4) is 0 Å².